The lowest BCUT2D eigenvalue weighted by Gasteiger charge is -2.22. The molecule has 0 bridgehead atoms. The van der Waals surface area contributed by atoms with E-state index in [1.807, 2.05) is 6.07 Å². The molecule has 2 rings (SSSR count). The Kier molecular flexibility index (Phi) is 5.92. The number of hydrogen-bond donors (Lipinski definition) is 1. The number of nitrogens with zero attached hydrogens (tertiary/aromatic N) is 1. The molecule has 0 unspecified atom stereocenters. The first-order valence-corrected chi connectivity index (χ1v) is 8.21. The Hall–Kier alpha value is -1.22. The van der Waals surface area contributed by atoms with Crippen LogP contribution in [0.3, 0.4) is 0 Å². The van der Waals surface area contributed by atoms with Gasteiger partial charge in [-0.3, -0.25) is 4.79 Å². The predicted molar refractivity (Wildman–Crippen MR) is 89.2 cm³/mol. The van der Waals surface area contributed by atoms with Crippen LogP contribution in [0, 0.1) is 5.92 Å². The Morgan fingerprint density at radius 1 is 1.29 bits per heavy atom. The van der Waals surface area contributed by atoms with E-state index in [0.717, 1.165) is 18.2 Å². The van der Waals surface area contributed by atoms with Gasteiger partial charge in [-0.2, -0.15) is 0 Å². The third-order valence-corrected chi connectivity index (χ3v) is 4.54. The average molecular weight is 309 g/mol. The van der Waals surface area contributed by atoms with Gasteiger partial charge in [0.2, 0.25) is 0 Å². The monoisotopic (exact) mass is 308 g/mol. The highest BCUT2D eigenvalue weighted by Crippen LogP contribution is 2.27. The summed E-state index contributed by atoms with van der Waals surface area (Å²) in [6, 6.07) is 5.42. The summed E-state index contributed by atoms with van der Waals surface area (Å²) in [4.78, 5) is 13.6. The fourth-order valence-corrected chi connectivity index (χ4v) is 3.12. The van der Waals surface area contributed by atoms with Gasteiger partial charge in [-0.15, -0.1) is 0 Å². The van der Waals surface area contributed by atoms with E-state index in [0.29, 0.717) is 10.6 Å². The van der Waals surface area contributed by atoms with Crippen LogP contribution in [0.2, 0.25) is 5.02 Å². The molecule has 0 radical (unpaired) electrons. The molecule has 0 atom stereocenters. The summed E-state index contributed by atoms with van der Waals surface area (Å²) in [5, 5.41) is 4.07. The summed E-state index contributed by atoms with van der Waals surface area (Å²) in [6.07, 6.45) is 8.03. The molecule has 1 N–H and O–H groups in total. The van der Waals surface area contributed by atoms with E-state index in [9.17, 15) is 4.79 Å². The van der Waals surface area contributed by atoms with E-state index in [1.165, 1.54) is 38.5 Å². The summed E-state index contributed by atoms with van der Waals surface area (Å²) in [6.45, 7) is 0.921. The van der Waals surface area contributed by atoms with E-state index in [4.69, 9.17) is 11.6 Å². The molecule has 1 aliphatic carbocycles. The van der Waals surface area contributed by atoms with E-state index >= 15 is 0 Å². The molecule has 1 aromatic carbocycles. The van der Waals surface area contributed by atoms with Gasteiger partial charge in [-0.1, -0.05) is 43.7 Å². The minimum atomic E-state index is 0.00185. The molecular weight excluding hydrogens is 284 g/mol. The molecule has 1 fully saturated rings. The third kappa shape index (κ3) is 4.63. The lowest BCUT2D eigenvalue weighted by atomic mass is 9.87. The molecule has 4 heteroatoms. The molecule has 0 heterocycles. The molecule has 21 heavy (non-hydrogen) atoms. The molecule has 0 aliphatic heterocycles. The number of halogens is 1. The van der Waals surface area contributed by atoms with Crippen molar-refractivity contribution in [2.75, 3.05) is 26.0 Å². The van der Waals surface area contributed by atoms with Gasteiger partial charge in [-0.25, -0.2) is 0 Å². The standard InChI is InChI=1S/C17H25ClN2O/c1-20(2)17(21)14-8-9-15(18)16(12-14)19-11-10-13-6-4-3-5-7-13/h8-9,12-13,19H,3-7,10-11H2,1-2H3. The molecule has 1 aliphatic rings. The van der Waals surface area contributed by atoms with Gasteiger partial charge in [0.15, 0.2) is 0 Å². The van der Waals surface area contributed by atoms with Crippen LogP contribution >= 0.6 is 11.6 Å². The zero-order chi connectivity index (χ0) is 15.2. The van der Waals surface area contributed by atoms with Gasteiger partial charge in [-0.05, 0) is 30.5 Å². The van der Waals surface area contributed by atoms with Crippen molar-refractivity contribution in [1.82, 2.24) is 4.90 Å². The number of carbonyl (C=O) groups is 1. The van der Waals surface area contributed by atoms with Crippen LogP contribution in [0.25, 0.3) is 0 Å². The number of anilines is 1. The Labute approximate surface area is 132 Å². The van der Waals surface area contributed by atoms with Gasteiger partial charge < -0.3 is 10.2 Å². The highest BCUT2D eigenvalue weighted by Gasteiger charge is 2.14. The summed E-state index contributed by atoms with van der Waals surface area (Å²) < 4.78 is 0. The summed E-state index contributed by atoms with van der Waals surface area (Å²) in [5.74, 6) is 0.846. The van der Waals surface area contributed by atoms with Crippen LogP contribution in [-0.2, 0) is 0 Å². The van der Waals surface area contributed by atoms with Crippen molar-refractivity contribution in [2.45, 2.75) is 38.5 Å². The summed E-state index contributed by atoms with van der Waals surface area (Å²) >= 11 is 6.21. The zero-order valence-electron chi connectivity index (χ0n) is 13.0. The van der Waals surface area contributed by atoms with E-state index in [2.05, 4.69) is 5.32 Å². The summed E-state index contributed by atoms with van der Waals surface area (Å²) in [7, 11) is 3.51. The molecule has 1 saturated carbocycles. The van der Waals surface area contributed by atoms with Gasteiger partial charge in [0.05, 0.1) is 10.7 Å². The van der Waals surface area contributed by atoms with Gasteiger partial charge in [0.25, 0.3) is 5.91 Å². The van der Waals surface area contributed by atoms with Crippen LogP contribution in [-0.4, -0.2) is 31.4 Å². The maximum Gasteiger partial charge on any atom is 0.253 e. The SMILES string of the molecule is CN(C)C(=O)c1ccc(Cl)c(NCCC2CCCCC2)c1. The molecule has 1 aromatic rings. The fourth-order valence-electron chi connectivity index (χ4n) is 2.94. The second-order valence-electron chi connectivity index (χ2n) is 6.11. The van der Waals surface area contributed by atoms with E-state index in [1.54, 1.807) is 31.1 Å². The molecule has 0 aromatic heterocycles. The molecule has 1 amide bonds. The molecule has 0 spiro atoms. The maximum absolute atomic E-state index is 12.0. The molecular formula is C17H25ClN2O. The minimum Gasteiger partial charge on any atom is -0.384 e. The smallest absolute Gasteiger partial charge is 0.253 e. The van der Waals surface area contributed by atoms with Gasteiger partial charge >= 0.3 is 0 Å². The van der Waals surface area contributed by atoms with Crippen LogP contribution in [0.5, 0.6) is 0 Å². The highest BCUT2D eigenvalue weighted by atomic mass is 35.5. The van der Waals surface area contributed by atoms with Crippen molar-refractivity contribution in [2.24, 2.45) is 5.92 Å². The molecule has 0 saturated heterocycles. The number of rotatable bonds is 5. The predicted octanol–water partition coefficient (Wildman–Crippen LogP) is 4.42. The van der Waals surface area contributed by atoms with Crippen molar-refractivity contribution in [3.05, 3.63) is 28.8 Å². The minimum absolute atomic E-state index is 0.00185. The number of nitrogens with one attached hydrogen (secondary N) is 1. The van der Waals surface area contributed by atoms with Crippen LogP contribution < -0.4 is 5.32 Å². The average Bonchev–Trinajstić information content (AvgIpc) is 2.49. The fraction of sp³-hybridized carbons (Fsp3) is 0.588. The first-order chi connectivity index (χ1) is 10.1. The lowest BCUT2D eigenvalue weighted by Crippen LogP contribution is -2.21. The zero-order valence-corrected chi connectivity index (χ0v) is 13.7. The Morgan fingerprint density at radius 2 is 2.00 bits per heavy atom. The van der Waals surface area contributed by atoms with Crippen LogP contribution in [0.4, 0.5) is 5.69 Å². The van der Waals surface area contributed by atoms with Crippen LogP contribution in [0.15, 0.2) is 18.2 Å². The third-order valence-electron chi connectivity index (χ3n) is 4.21. The first kappa shape index (κ1) is 16.2. The normalized spacial score (nSPS) is 15.8. The Bertz CT molecular complexity index is 482. The van der Waals surface area contributed by atoms with Gasteiger partial charge in [0, 0.05) is 26.2 Å². The number of hydrogen-bond acceptors (Lipinski definition) is 2. The number of carbonyl (C=O) groups excluding carboxylic acids is 1. The van der Waals surface area contributed by atoms with Crippen LogP contribution in [0.1, 0.15) is 48.9 Å². The van der Waals surface area contributed by atoms with Crippen molar-refractivity contribution < 1.29 is 4.79 Å². The lowest BCUT2D eigenvalue weighted by molar-refractivity contribution is 0.0827. The van der Waals surface area contributed by atoms with Crippen molar-refractivity contribution in [3.8, 4) is 0 Å². The first-order valence-electron chi connectivity index (χ1n) is 7.83. The molecule has 3 nitrogen and oxygen atoms in total. The Balaban J connectivity index is 1.92. The van der Waals surface area contributed by atoms with E-state index in [-0.39, 0.29) is 5.91 Å². The van der Waals surface area contributed by atoms with Crippen molar-refractivity contribution in [1.29, 1.82) is 0 Å². The van der Waals surface area contributed by atoms with Gasteiger partial charge in [0.1, 0.15) is 0 Å². The maximum atomic E-state index is 12.0. The highest BCUT2D eigenvalue weighted by molar-refractivity contribution is 6.33. The largest absolute Gasteiger partial charge is 0.384 e. The van der Waals surface area contributed by atoms with Crippen molar-refractivity contribution in [3.63, 3.8) is 0 Å². The second kappa shape index (κ2) is 7.69. The van der Waals surface area contributed by atoms with E-state index < -0.39 is 0 Å². The Morgan fingerprint density at radius 3 is 2.67 bits per heavy atom. The number of amides is 1. The topological polar surface area (TPSA) is 32.3 Å². The quantitative estimate of drug-likeness (QED) is 0.873. The molecule has 116 valence electrons. The summed E-state index contributed by atoms with van der Waals surface area (Å²) in [5.41, 5.74) is 1.53. The number of benzene rings is 1. The second-order valence-corrected chi connectivity index (χ2v) is 6.52. The van der Waals surface area contributed by atoms with Crippen molar-refractivity contribution >= 4 is 23.2 Å².